The summed E-state index contributed by atoms with van der Waals surface area (Å²) in [5, 5.41) is 0. The zero-order chi connectivity index (χ0) is 12.1. The number of carbonyl (C=O) groups excluding carboxylic acids is 2. The Hall–Kier alpha value is -1.45. The van der Waals surface area contributed by atoms with Crippen LogP contribution in [0, 0.1) is 5.92 Å². The number of likely N-dealkylation sites (tertiary alicyclic amines) is 1. The lowest BCUT2D eigenvalue weighted by Gasteiger charge is -2.24. The molecule has 1 rings (SSSR count). The summed E-state index contributed by atoms with van der Waals surface area (Å²) in [6.45, 7) is 9.40. The molecule has 0 saturated carbocycles. The first-order valence-electron chi connectivity index (χ1n) is 5.54. The summed E-state index contributed by atoms with van der Waals surface area (Å²) in [5.41, 5.74) is 0. The molecule has 0 N–H and O–H groups in total. The molecule has 0 aromatic carbocycles. The predicted octanol–water partition coefficient (Wildman–Crippen LogP) is 1.42. The zero-order valence-corrected chi connectivity index (χ0v) is 9.69. The largest absolute Gasteiger partial charge is 0.330 e. The van der Waals surface area contributed by atoms with Crippen LogP contribution in [0.25, 0.3) is 0 Å². The van der Waals surface area contributed by atoms with E-state index in [1.54, 1.807) is 4.90 Å². The molecule has 1 aliphatic rings. The van der Waals surface area contributed by atoms with E-state index < -0.39 is 6.04 Å². The highest BCUT2D eigenvalue weighted by Gasteiger charge is 2.35. The van der Waals surface area contributed by atoms with Gasteiger partial charge in [-0.2, -0.15) is 0 Å². The molecule has 1 fully saturated rings. The van der Waals surface area contributed by atoms with Crippen molar-refractivity contribution in [2.45, 2.75) is 32.2 Å². The molecule has 4 nitrogen and oxygen atoms in total. The average molecular weight is 222 g/mol. The summed E-state index contributed by atoms with van der Waals surface area (Å²) in [4.78, 5) is 28.3. The van der Waals surface area contributed by atoms with Gasteiger partial charge in [-0.05, 0) is 25.5 Å². The van der Waals surface area contributed by atoms with Gasteiger partial charge in [-0.3, -0.25) is 9.59 Å². The van der Waals surface area contributed by atoms with Gasteiger partial charge in [-0.1, -0.05) is 13.0 Å². The molecule has 2 amide bonds. The first-order valence-corrected chi connectivity index (χ1v) is 5.54. The lowest BCUT2D eigenvalue weighted by atomic mass is 10.1. The summed E-state index contributed by atoms with van der Waals surface area (Å²) in [6.07, 6.45) is 3.72. The number of amides is 2. The molecule has 0 aromatic rings. The van der Waals surface area contributed by atoms with E-state index in [2.05, 4.69) is 18.3 Å². The van der Waals surface area contributed by atoms with Crippen LogP contribution in [0.4, 0.5) is 0 Å². The number of hydrogen-bond acceptors (Lipinski definition) is 2. The maximum Gasteiger partial charge on any atom is 0.267 e. The highest BCUT2D eigenvalue weighted by atomic mass is 16.2. The minimum absolute atomic E-state index is 0.0377. The highest BCUT2D eigenvalue weighted by Crippen LogP contribution is 2.24. The standard InChI is InChI=1S/C12H18N2O2/c1-4-6-9-7-11(15)14(8-9)10(5-2)12(16)13-3/h4,9-10H,1,3,5-8H2,2H3/t9-,10+/m1/s1. The van der Waals surface area contributed by atoms with Crippen LogP contribution >= 0.6 is 0 Å². The van der Waals surface area contributed by atoms with Gasteiger partial charge in [0.15, 0.2) is 0 Å². The normalized spacial score (nSPS) is 21.9. The van der Waals surface area contributed by atoms with Crippen LogP contribution in [-0.2, 0) is 9.59 Å². The van der Waals surface area contributed by atoms with Crippen LogP contribution in [0.1, 0.15) is 26.2 Å². The Morgan fingerprint density at radius 2 is 2.44 bits per heavy atom. The molecule has 1 aliphatic heterocycles. The summed E-state index contributed by atoms with van der Waals surface area (Å²) in [5.74, 6) is 0.0162. The Bertz CT molecular complexity index is 312. The van der Waals surface area contributed by atoms with E-state index >= 15 is 0 Å². The molecule has 88 valence electrons. The van der Waals surface area contributed by atoms with Crippen LogP contribution in [0.3, 0.4) is 0 Å². The van der Waals surface area contributed by atoms with E-state index in [4.69, 9.17) is 0 Å². The van der Waals surface area contributed by atoms with Gasteiger partial charge < -0.3 is 4.90 Å². The molecular weight excluding hydrogens is 204 g/mol. The molecule has 0 radical (unpaired) electrons. The quantitative estimate of drug-likeness (QED) is 0.521. The summed E-state index contributed by atoms with van der Waals surface area (Å²) >= 11 is 0. The second kappa shape index (κ2) is 5.58. The predicted molar refractivity (Wildman–Crippen MR) is 63.3 cm³/mol. The van der Waals surface area contributed by atoms with Gasteiger partial charge in [0.1, 0.15) is 6.04 Å². The van der Waals surface area contributed by atoms with Crippen LogP contribution < -0.4 is 0 Å². The third kappa shape index (κ3) is 2.56. The first kappa shape index (κ1) is 12.6. The van der Waals surface area contributed by atoms with E-state index in [1.165, 1.54) is 0 Å². The van der Waals surface area contributed by atoms with Crippen LogP contribution in [0.15, 0.2) is 17.6 Å². The van der Waals surface area contributed by atoms with E-state index in [1.807, 2.05) is 13.0 Å². The molecule has 4 heteroatoms. The third-order valence-corrected chi connectivity index (χ3v) is 2.94. The average Bonchev–Trinajstić information content (AvgIpc) is 2.61. The van der Waals surface area contributed by atoms with E-state index in [9.17, 15) is 9.59 Å². The highest BCUT2D eigenvalue weighted by molar-refractivity contribution is 5.90. The molecule has 1 saturated heterocycles. The van der Waals surface area contributed by atoms with Crippen molar-refractivity contribution in [2.24, 2.45) is 10.9 Å². The summed E-state index contributed by atoms with van der Waals surface area (Å²) in [7, 11) is 0. The number of nitrogens with zero attached hydrogens (tertiary/aromatic N) is 2. The molecule has 2 atom stereocenters. The molecular formula is C12H18N2O2. The zero-order valence-electron chi connectivity index (χ0n) is 9.69. The molecule has 1 heterocycles. The number of allylic oxidation sites excluding steroid dienone is 1. The summed E-state index contributed by atoms with van der Waals surface area (Å²) in [6, 6.07) is -0.431. The minimum Gasteiger partial charge on any atom is -0.330 e. The van der Waals surface area contributed by atoms with Crippen molar-refractivity contribution in [3.05, 3.63) is 12.7 Å². The van der Waals surface area contributed by atoms with Crippen molar-refractivity contribution in [3.8, 4) is 0 Å². The lowest BCUT2D eigenvalue weighted by Crippen LogP contribution is -2.41. The Morgan fingerprint density at radius 1 is 1.75 bits per heavy atom. The smallest absolute Gasteiger partial charge is 0.267 e. The molecule has 0 spiro atoms. The molecule has 0 unspecified atom stereocenters. The van der Waals surface area contributed by atoms with Crippen molar-refractivity contribution in [3.63, 3.8) is 0 Å². The molecule has 0 aromatic heterocycles. The van der Waals surface area contributed by atoms with Gasteiger partial charge in [0.05, 0.1) is 0 Å². The fourth-order valence-electron chi connectivity index (χ4n) is 2.14. The van der Waals surface area contributed by atoms with Crippen molar-refractivity contribution >= 4 is 18.5 Å². The summed E-state index contributed by atoms with van der Waals surface area (Å²) < 4.78 is 0. The second-order valence-corrected chi connectivity index (χ2v) is 4.06. The Morgan fingerprint density at radius 3 is 2.94 bits per heavy atom. The second-order valence-electron chi connectivity index (χ2n) is 4.06. The van der Waals surface area contributed by atoms with Gasteiger partial charge in [0, 0.05) is 13.0 Å². The van der Waals surface area contributed by atoms with Gasteiger partial charge in [-0.15, -0.1) is 6.58 Å². The van der Waals surface area contributed by atoms with Crippen molar-refractivity contribution in [1.82, 2.24) is 4.90 Å². The number of aliphatic imine (C=N–C) groups is 1. The van der Waals surface area contributed by atoms with Crippen LogP contribution in [-0.4, -0.2) is 36.0 Å². The number of carbonyl (C=O) groups is 2. The van der Waals surface area contributed by atoms with E-state index in [0.717, 1.165) is 6.42 Å². The topological polar surface area (TPSA) is 49.7 Å². The van der Waals surface area contributed by atoms with Crippen molar-refractivity contribution in [2.75, 3.05) is 6.54 Å². The first-order chi connectivity index (χ1) is 7.63. The van der Waals surface area contributed by atoms with Gasteiger partial charge in [-0.25, -0.2) is 4.99 Å². The fraction of sp³-hybridized carbons (Fsp3) is 0.583. The Balaban J connectivity index is 2.72. The van der Waals surface area contributed by atoms with E-state index in [0.29, 0.717) is 19.4 Å². The van der Waals surface area contributed by atoms with E-state index in [-0.39, 0.29) is 17.7 Å². The number of hydrogen-bond donors (Lipinski definition) is 0. The van der Waals surface area contributed by atoms with Crippen LogP contribution in [0.5, 0.6) is 0 Å². The van der Waals surface area contributed by atoms with Crippen LogP contribution in [0.2, 0.25) is 0 Å². The third-order valence-electron chi connectivity index (χ3n) is 2.94. The monoisotopic (exact) mass is 222 g/mol. The SMILES string of the molecule is C=CC[C@@H]1CC(=O)N([C@@H](CC)C(=O)N=C)C1. The number of rotatable bonds is 5. The molecule has 0 aliphatic carbocycles. The Labute approximate surface area is 96.0 Å². The molecule has 16 heavy (non-hydrogen) atoms. The fourth-order valence-corrected chi connectivity index (χ4v) is 2.14. The maximum atomic E-state index is 11.8. The maximum absolute atomic E-state index is 11.8. The minimum atomic E-state index is -0.431. The van der Waals surface area contributed by atoms with Crippen molar-refractivity contribution in [1.29, 1.82) is 0 Å². The lowest BCUT2D eigenvalue weighted by molar-refractivity contribution is -0.136. The molecule has 0 bridgehead atoms. The van der Waals surface area contributed by atoms with Gasteiger partial charge in [0.2, 0.25) is 5.91 Å². The van der Waals surface area contributed by atoms with Gasteiger partial charge >= 0.3 is 0 Å². The van der Waals surface area contributed by atoms with Crippen molar-refractivity contribution < 1.29 is 9.59 Å². The van der Waals surface area contributed by atoms with Gasteiger partial charge in [0.25, 0.3) is 5.91 Å². The Kier molecular flexibility index (Phi) is 4.40.